The molecule has 70 valence electrons. The third-order valence-corrected chi connectivity index (χ3v) is 1.54. The van der Waals surface area contributed by atoms with Crippen molar-refractivity contribution in [3.63, 3.8) is 0 Å². The molecule has 0 aliphatic heterocycles. The number of aromatic nitrogens is 1. The Bertz CT molecular complexity index is 327. The van der Waals surface area contributed by atoms with Crippen molar-refractivity contribution in [1.82, 2.24) is 4.98 Å². The van der Waals surface area contributed by atoms with Crippen molar-refractivity contribution in [2.75, 3.05) is 7.11 Å². The molecule has 0 aromatic carbocycles. The van der Waals surface area contributed by atoms with Gasteiger partial charge in [0, 0.05) is 6.54 Å². The number of nitro groups is 1. The monoisotopic (exact) mass is 183 g/mol. The fraction of sp³-hybridized carbons (Fsp3) is 0.286. The maximum atomic E-state index is 10.3. The van der Waals surface area contributed by atoms with Crippen LogP contribution in [0.15, 0.2) is 12.3 Å². The molecule has 0 saturated carbocycles. The predicted molar refractivity (Wildman–Crippen MR) is 45.3 cm³/mol. The van der Waals surface area contributed by atoms with E-state index in [9.17, 15) is 10.1 Å². The van der Waals surface area contributed by atoms with Crippen LogP contribution >= 0.6 is 0 Å². The first-order chi connectivity index (χ1) is 6.19. The smallest absolute Gasteiger partial charge is 0.291 e. The zero-order chi connectivity index (χ0) is 9.84. The van der Waals surface area contributed by atoms with Crippen molar-refractivity contribution >= 4 is 5.69 Å². The Balaban J connectivity index is 3.13. The maximum absolute atomic E-state index is 10.3. The summed E-state index contributed by atoms with van der Waals surface area (Å²) in [6.07, 6.45) is 1.16. The average molecular weight is 183 g/mol. The van der Waals surface area contributed by atoms with E-state index in [0.29, 0.717) is 11.4 Å². The molecule has 1 rings (SSSR count). The van der Waals surface area contributed by atoms with Gasteiger partial charge in [-0.2, -0.15) is 0 Å². The highest BCUT2D eigenvalue weighted by Gasteiger charge is 2.11. The highest BCUT2D eigenvalue weighted by Crippen LogP contribution is 2.21. The largest absolute Gasteiger partial charge is 0.495 e. The van der Waals surface area contributed by atoms with Gasteiger partial charge < -0.3 is 10.5 Å². The van der Waals surface area contributed by atoms with Gasteiger partial charge >= 0.3 is 0 Å². The lowest BCUT2D eigenvalue weighted by Crippen LogP contribution is -2.03. The zero-order valence-corrected chi connectivity index (χ0v) is 7.06. The summed E-state index contributed by atoms with van der Waals surface area (Å²) in [5, 5.41) is 10.3. The lowest BCUT2D eigenvalue weighted by Gasteiger charge is -2.03. The van der Waals surface area contributed by atoms with Crippen molar-refractivity contribution in [1.29, 1.82) is 0 Å². The Morgan fingerprint density at radius 3 is 2.92 bits per heavy atom. The van der Waals surface area contributed by atoms with Crippen LogP contribution in [-0.4, -0.2) is 17.0 Å². The molecule has 6 nitrogen and oxygen atoms in total. The molecule has 0 bridgehead atoms. The number of ether oxygens (including phenoxy) is 1. The fourth-order valence-corrected chi connectivity index (χ4v) is 0.892. The molecule has 0 amide bonds. The van der Waals surface area contributed by atoms with Crippen LogP contribution in [-0.2, 0) is 6.54 Å². The second kappa shape index (κ2) is 3.81. The SMILES string of the molecule is COc1cc([N+](=O)[O-])cnc1CN. The number of methoxy groups -OCH3 is 1. The van der Waals surface area contributed by atoms with Gasteiger partial charge in [-0.25, -0.2) is 4.98 Å². The number of pyridine rings is 1. The Labute approximate surface area is 74.5 Å². The summed E-state index contributed by atoms with van der Waals surface area (Å²) in [5.41, 5.74) is 5.74. The highest BCUT2D eigenvalue weighted by molar-refractivity contribution is 5.38. The summed E-state index contributed by atoms with van der Waals surface area (Å²) in [6.45, 7) is 0.196. The first-order valence-electron chi connectivity index (χ1n) is 3.56. The minimum Gasteiger partial charge on any atom is -0.495 e. The van der Waals surface area contributed by atoms with Crippen LogP contribution in [0.5, 0.6) is 5.75 Å². The number of hydrogen-bond donors (Lipinski definition) is 1. The van der Waals surface area contributed by atoms with E-state index in [2.05, 4.69) is 4.98 Å². The summed E-state index contributed by atoms with van der Waals surface area (Å²) in [5.74, 6) is 0.344. The molecule has 2 N–H and O–H groups in total. The Morgan fingerprint density at radius 2 is 2.46 bits per heavy atom. The van der Waals surface area contributed by atoms with E-state index < -0.39 is 4.92 Å². The Morgan fingerprint density at radius 1 is 1.77 bits per heavy atom. The predicted octanol–water partition coefficient (Wildman–Crippen LogP) is 0.457. The summed E-state index contributed by atoms with van der Waals surface area (Å²) in [4.78, 5) is 13.6. The molecule has 0 spiro atoms. The number of rotatable bonds is 3. The van der Waals surface area contributed by atoms with Crippen molar-refractivity contribution in [2.24, 2.45) is 5.73 Å². The Kier molecular flexibility index (Phi) is 2.76. The minimum atomic E-state index is -0.532. The third kappa shape index (κ3) is 1.91. The second-order valence-corrected chi connectivity index (χ2v) is 2.30. The van der Waals surface area contributed by atoms with Gasteiger partial charge in [-0.1, -0.05) is 0 Å². The van der Waals surface area contributed by atoms with E-state index in [1.165, 1.54) is 13.2 Å². The first-order valence-corrected chi connectivity index (χ1v) is 3.56. The van der Waals surface area contributed by atoms with Gasteiger partial charge in [0.15, 0.2) is 0 Å². The summed E-state index contributed by atoms with van der Waals surface area (Å²) < 4.78 is 4.88. The van der Waals surface area contributed by atoms with Crippen molar-refractivity contribution in [3.05, 3.63) is 28.1 Å². The van der Waals surface area contributed by atoms with E-state index in [1.54, 1.807) is 0 Å². The molecule has 0 aliphatic carbocycles. The molecule has 0 aliphatic rings. The van der Waals surface area contributed by atoms with Gasteiger partial charge in [-0.05, 0) is 0 Å². The van der Waals surface area contributed by atoms with Crippen LogP contribution in [0.1, 0.15) is 5.69 Å². The molecule has 6 heteroatoms. The van der Waals surface area contributed by atoms with E-state index in [0.717, 1.165) is 6.20 Å². The lowest BCUT2D eigenvalue weighted by molar-refractivity contribution is -0.385. The van der Waals surface area contributed by atoms with Crippen molar-refractivity contribution < 1.29 is 9.66 Å². The molecule has 1 aromatic rings. The molecule has 1 heterocycles. The molecule has 13 heavy (non-hydrogen) atoms. The van der Waals surface area contributed by atoms with Crippen LogP contribution in [0.2, 0.25) is 0 Å². The molecule has 0 unspecified atom stereocenters. The van der Waals surface area contributed by atoms with Crippen LogP contribution in [0.25, 0.3) is 0 Å². The molecule has 0 saturated heterocycles. The van der Waals surface area contributed by atoms with Crippen LogP contribution < -0.4 is 10.5 Å². The first kappa shape index (κ1) is 9.40. The van der Waals surface area contributed by atoms with E-state index >= 15 is 0 Å². The molecule has 0 radical (unpaired) electrons. The van der Waals surface area contributed by atoms with Crippen molar-refractivity contribution in [2.45, 2.75) is 6.54 Å². The number of nitrogens with zero attached hydrogens (tertiary/aromatic N) is 2. The van der Waals surface area contributed by atoms with Gasteiger partial charge in [0.25, 0.3) is 5.69 Å². The molecule has 1 aromatic heterocycles. The van der Waals surface area contributed by atoms with Gasteiger partial charge in [-0.15, -0.1) is 0 Å². The zero-order valence-electron chi connectivity index (χ0n) is 7.06. The number of hydrogen-bond acceptors (Lipinski definition) is 5. The van der Waals surface area contributed by atoms with E-state index in [1.807, 2.05) is 0 Å². The maximum Gasteiger partial charge on any atom is 0.291 e. The lowest BCUT2D eigenvalue weighted by atomic mass is 10.3. The van der Waals surface area contributed by atoms with Gasteiger partial charge in [0.05, 0.1) is 23.8 Å². The van der Waals surface area contributed by atoms with Crippen LogP contribution in [0, 0.1) is 10.1 Å². The molecular weight excluding hydrogens is 174 g/mol. The van der Waals surface area contributed by atoms with Crippen LogP contribution in [0.4, 0.5) is 5.69 Å². The fourth-order valence-electron chi connectivity index (χ4n) is 0.892. The van der Waals surface area contributed by atoms with E-state index in [4.69, 9.17) is 10.5 Å². The minimum absolute atomic E-state index is 0.103. The summed E-state index contributed by atoms with van der Waals surface area (Å²) >= 11 is 0. The average Bonchev–Trinajstić information content (AvgIpc) is 2.16. The summed E-state index contributed by atoms with van der Waals surface area (Å²) in [6, 6.07) is 1.30. The normalized spacial score (nSPS) is 9.69. The standard InChI is InChI=1S/C7H9N3O3/c1-13-7-2-5(10(11)12)4-9-6(7)3-8/h2,4H,3,8H2,1H3. The van der Waals surface area contributed by atoms with Gasteiger partial charge in [0.1, 0.15) is 11.9 Å². The molecule has 0 atom stereocenters. The van der Waals surface area contributed by atoms with Gasteiger partial charge in [0.2, 0.25) is 0 Å². The van der Waals surface area contributed by atoms with E-state index in [-0.39, 0.29) is 12.2 Å². The Hall–Kier alpha value is -1.69. The molecule has 0 fully saturated rings. The van der Waals surface area contributed by atoms with Gasteiger partial charge in [-0.3, -0.25) is 10.1 Å². The van der Waals surface area contributed by atoms with Crippen LogP contribution in [0.3, 0.4) is 0 Å². The quantitative estimate of drug-likeness (QED) is 0.542. The molecular formula is C7H9N3O3. The second-order valence-electron chi connectivity index (χ2n) is 2.30. The number of nitrogens with two attached hydrogens (primary N) is 1. The summed E-state index contributed by atoms with van der Waals surface area (Å²) in [7, 11) is 1.42. The van der Waals surface area contributed by atoms with Crippen molar-refractivity contribution in [3.8, 4) is 5.75 Å². The highest BCUT2D eigenvalue weighted by atomic mass is 16.6. The topological polar surface area (TPSA) is 91.3 Å². The third-order valence-electron chi connectivity index (χ3n) is 1.54.